The number of hydrogen-bond donors (Lipinski definition) is 0. The van der Waals surface area contributed by atoms with Gasteiger partial charge >= 0.3 is 0 Å². The van der Waals surface area contributed by atoms with E-state index in [2.05, 4.69) is 30.6 Å². The van der Waals surface area contributed by atoms with Crippen LogP contribution in [0.25, 0.3) is 11.5 Å². The van der Waals surface area contributed by atoms with Crippen LogP contribution in [0, 0.1) is 13.8 Å². The fourth-order valence-electron chi connectivity index (χ4n) is 2.26. The molecule has 3 aromatic heterocycles. The Bertz CT molecular complexity index is 989. The van der Waals surface area contributed by atoms with E-state index in [0.29, 0.717) is 10.9 Å². The molecule has 0 saturated heterocycles. The quantitative estimate of drug-likeness (QED) is 0.532. The number of benzene rings is 1. The first-order chi connectivity index (χ1) is 11.2. The van der Waals surface area contributed by atoms with Crippen LogP contribution in [-0.4, -0.2) is 39.8 Å². The molecule has 4 rings (SSSR count). The summed E-state index contributed by atoms with van der Waals surface area (Å²) in [7, 11) is 0. The second kappa shape index (κ2) is 5.43. The lowest BCUT2D eigenvalue weighted by atomic mass is 10.2. The Labute approximate surface area is 135 Å². The lowest BCUT2D eigenvalue weighted by Crippen LogP contribution is -2.03. The molecule has 8 nitrogen and oxygen atoms in total. The second-order valence-corrected chi connectivity index (χ2v) is 5.96. The van der Waals surface area contributed by atoms with Crippen LogP contribution in [0.5, 0.6) is 0 Å². The summed E-state index contributed by atoms with van der Waals surface area (Å²) in [6, 6.07) is 9.89. The average molecular weight is 324 g/mol. The standard InChI is InChI=1S/C14H12N8S/c1-9-5-3-4-6-11(9)21-14(18-19-20-21)23-12-7-10(2)17-13-15-8-16-22(12)13/h3-8H,1-2H3. The summed E-state index contributed by atoms with van der Waals surface area (Å²) in [6.45, 7) is 3.95. The van der Waals surface area contributed by atoms with E-state index in [1.165, 1.54) is 18.1 Å². The van der Waals surface area contributed by atoms with Crippen LogP contribution in [0.4, 0.5) is 0 Å². The molecule has 0 atom stereocenters. The zero-order chi connectivity index (χ0) is 15.8. The molecular weight excluding hydrogens is 312 g/mol. The molecule has 0 unspecified atom stereocenters. The fraction of sp³-hybridized carbons (Fsp3) is 0.143. The predicted molar refractivity (Wildman–Crippen MR) is 83.5 cm³/mol. The largest absolute Gasteiger partial charge is 0.253 e. The number of nitrogens with zero attached hydrogens (tertiary/aromatic N) is 8. The Kier molecular flexibility index (Phi) is 3.27. The van der Waals surface area contributed by atoms with Crippen molar-refractivity contribution in [2.75, 3.05) is 0 Å². The number of tetrazole rings is 1. The van der Waals surface area contributed by atoms with Crippen molar-refractivity contribution in [2.24, 2.45) is 0 Å². The van der Waals surface area contributed by atoms with Crippen molar-refractivity contribution in [3.05, 3.63) is 47.9 Å². The molecule has 23 heavy (non-hydrogen) atoms. The summed E-state index contributed by atoms with van der Waals surface area (Å²) in [5.74, 6) is 0.558. The van der Waals surface area contributed by atoms with Gasteiger partial charge in [0.25, 0.3) is 5.78 Å². The maximum Gasteiger partial charge on any atom is 0.253 e. The maximum atomic E-state index is 4.34. The van der Waals surface area contributed by atoms with E-state index in [-0.39, 0.29) is 0 Å². The third-order valence-corrected chi connectivity index (χ3v) is 4.26. The van der Waals surface area contributed by atoms with Gasteiger partial charge in [0, 0.05) is 5.69 Å². The number of para-hydroxylation sites is 1. The van der Waals surface area contributed by atoms with Crippen molar-refractivity contribution in [1.29, 1.82) is 0 Å². The van der Waals surface area contributed by atoms with Gasteiger partial charge in [-0.2, -0.15) is 19.3 Å². The van der Waals surface area contributed by atoms with Gasteiger partial charge in [-0.25, -0.2) is 4.98 Å². The van der Waals surface area contributed by atoms with Gasteiger partial charge in [0.05, 0.1) is 5.69 Å². The Morgan fingerprint density at radius 1 is 1.13 bits per heavy atom. The van der Waals surface area contributed by atoms with Gasteiger partial charge in [-0.15, -0.1) is 5.10 Å². The van der Waals surface area contributed by atoms with Crippen molar-refractivity contribution in [1.82, 2.24) is 39.8 Å². The van der Waals surface area contributed by atoms with Crippen LogP contribution in [-0.2, 0) is 0 Å². The molecule has 0 saturated carbocycles. The summed E-state index contributed by atoms with van der Waals surface area (Å²) < 4.78 is 3.40. The first-order valence-electron chi connectivity index (χ1n) is 6.92. The second-order valence-electron chi connectivity index (χ2n) is 4.97. The van der Waals surface area contributed by atoms with E-state index >= 15 is 0 Å². The minimum absolute atomic E-state index is 0.558. The molecule has 114 valence electrons. The third kappa shape index (κ3) is 2.44. The highest BCUT2D eigenvalue weighted by atomic mass is 32.2. The molecular formula is C14H12N8S. The lowest BCUT2D eigenvalue weighted by Gasteiger charge is -2.08. The third-order valence-electron chi connectivity index (χ3n) is 3.33. The minimum Gasteiger partial charge on any atom is -0.216 e. The number of hydrogen-bond acceptors (Lipinski definition) is 7. The summed E-state index contributed by atoms with van der Waals surface area (Å²) in [5.41, 5.74) is 2.90. The van der Waals surface area contributed by atoms with Crippen LogP contribution in [0.2, 0.25) is 0 Å². The zero-order valence-corrected chi connectivity index (χ0v) is 13.3. The molecule has 0 fully saturated rings. The lowest BCUT2D eigenvalue weighted by molar-refractivity contribution is 0.749. The molecule has 0 aliphatic heterocycles. The Hall–Kier alpha value is -2.81. The van der Waals surface area contributed by atoms with Crippen LogP contribution >= 0.6 is 11.8 Å². The molecule has 0 aliphatic carbocycles. The molecule has 0 spiro atoms. The SMILES string of the molecule is Cc1cc(Sc2nnnn2-c2ccccc2C)n2ncnc2n1. The van der Waals surface area contributed by atoms with E-state index in [1.807, 2.05) is 44.2 Å². The first-order valence-corrected chi connectivity index (χ1v) is 7.73. The summed E-state index contributed by atoms with van der Waals surface area (Å²) >= 11 is 1.42. The zero-order valence-electron chi connectivity index (χ0n) is 12.5. The van der Waals surface area contributed by atoms with Crippen molar-refractivity contribution in [2.45, 2.75) is 24.0 Å². The molecule has 0 radical (unpaired) electrons. The van der Waals surface area contributed by atoms with E-state index in [1.54, 1.807) is 9.20 Å². The minimum atomic E-state index is 0.558. The van der Waals surface area contributed by atoms with E-state index in [0.717, 1.165) is 22.0 Å². The number of fused-ring (bicyclic) bond motifs is 1. The monoisotopic (exact) mass is 324 g/mol. The molecule has 3 heterocycles. The molecule has 1 aromatic carbocycles. The molecule has 4 aromatic rings. The normalized spacial score (nSPS) is 11.2. The summed E-state index contributed by atoms with van der Waals surface area (Å²) in [5, 5.41) is 17.8. The molecule has 0 bridgehead atoms. The maximum absolute atomic E-state index is 4.34. The number of aromatic nitrogens is 8. The van der Waals surface area contributed by atoms with Gasteiger partial charge in [0.15, 0.2) is 0 Å². The van der Waals surface area contributed by atoms with Crippen molar-refractivity contribution in [3.63, 3.8) is 0 Å². The average Bonchev–Trinajstić information content (AvgIpc) is 3.17. The Morgan fingerprint density at radius 3 is 2.87 bits per heavy atom. The van der Waals surface area contributed by atoms with Crippen molar-refractivity contribution >= 4 is 17.5 Å². The molecule has 9 heteroatoms. The van der Waals surface area contributed by atoms with Crippen LogP contribution in [0.15, 0.2) is 46.8 Å². The summed E-state index contributed by atoms with van der Waals surface area (Å²) in [4.78, 5) is 8.47. The highest BCUT2D eigenvalue weighted by molar-refractivity contribution is 7.99. The molecule has 0 N–H and O–H groups in total. The van der Waals surface area contributed by atoms with Gasteiger partial charge in [0.1, 0.15) is 11.4 Å². The molecule has 0 amide bonds. The smallest absolute Gasteiger partial charge is 0.216 e. The Balaban J connectivity index is 1.80. The fourth-order valence-corrected chi connectivity index (χ4v) is 3.19. The Morgan fingerprint density at radius 2 is 2.00 bits per heavy atom. The van der Waals surface area contributed by atoms with Gasteiger partial charge in [-0.3, -0.25) is 0 Å². The highest BCUT2D eigenvalue weighted by Crippen LogP contribution is 2.27. The van der Waals surface area contributed by atoms with E-state index < -0.39 is 0 Å². The van der Waals surface area contributed by atoms with Gasteiger partial charge < -0.3 is 0 Å². The van der Waals surface area contributed by atoms with Crippen molar-refractivity contribution < 1.29 is 0 Å². The van der Waals surface area contributed by atoms with Gasteiger partial charge in [-0.05, 0) is 53.7 Å². The van der Waals surface area contributed by atoms with Crippen LogP contribution in [0.3, 0.4) is 0 Å². The van der Waals surface area contributed by atoms with Crippen LogP contribution in [0.1, 0.15) is 11.3 Å². The highest BCUT2D eigenvalue weighted by Gasteiger charge is 2.15. The number of aryl methyl sites for hydroxylation is 2. The van der Waals surface area contributed by atoms with Gasteiger partial charge in [0.2, 0.25) is 5.16 Å². The topological polar surface area (TPSA) is 86.7 Å². The first kappa shape index (κ1) is 13.8. The number of rotatable bonds is 3. The summed E-state index contributed by atoms with van der Waals surface area (Å²) in [6.07, 6.45) is 1.48. The van der Waals surface area contributed by atoms with Gasteiger partial charge in [-0.1, -0.05) is 18.2 Å². The molecule has 0 aliphatic rings. The van der Waals surface area contributed by atoms with Crippen LogP contribution < -0.4 is 0 Å². The van der Waals surface area contributed by atoms with E-state index in [4.69, 9.17) is 0 Å². The van der Waals surface area contributed by atoms with E-state index in [9.17, 15) is 0 Å². The predicted octanol–water partition coefficient (Wildman–Crippen LogP) is 1.87. The van der Waals surface area contributed by atoms with Crippen molar-refractivity contribution in [3.8, 4) is 5.69 Å².